The molecule has 6 rings (SSSR count). The van der Waals surface area contributed by atoms with Gasteiger partial charge in [-0.1, -0.05) is 0 Å². The number of hydrogen-bond donors (Lipinski definition) is 2. The van der Waals surface area contributed by atoms with Gasteiger partial charge in [0.05, 0.1) is 52.9 Å². The molecule has 0 aliphatic heterocycles. The number of anilines is 1. The van der Waals surface area contributed by atoms with E-state index in [4.69, 9.17) is 4.98 Å². The van der Waals surface area contributed by atoms with Crippen LogP contribution in [0.25, 0.3) is 50.4 Å². The van der Waals surface area contributed by atoms with E-state index in [2.05, 4.69) is 47.2 Å². The fraction of sp³-hybridized carbons (Fsp3) is 0.130. The van der Waals surface area contributed by atoms with Crippen LogP contribution in [0, 0.1) is 6.92 Å². The molecule has 0 saturated heterocycles. The van der Waals surface area contributed by atoms with Gasteiger partial charge < -0.3 is 14.5 Å². The summed E-state index contributed by atoms with van der Waals surface area (Å²) in [6.07, 6.45) is 12.7. The van der Waals surface area contributed by atoms with Crippen molar-refractivity contribution in [3.05, 3.63) is 61.3 Å². The van der Waals surface area contributed by atoms with E-state index in [0.29, 0.717) is 11.5 Å². The zero-order valence-corrected chi connectivity index (χ0v) is 18.3. The zero-order valence-electron chi connectivity index (χ0n) is 18.3. The van der Waals surface area contributed by atoms with Crippen LogP contribution in [0.4, 0.5) is 5.69 Å². The lowest BCUT2D eigenvalue weighted by molar-refractivity contribution is 1.05. The summed E-state index contributed by atoms with van der Waals surface area (Å²) in [4.78, 5) is 27.9. The molecule has 0 fully saturated rings. The zero-order chi connectivity index (χ0) is 22.5. The first-order chi connectivity index (χ1) is 16.1. The Hall–Kier alpha value is -4.60. The quantitative estimate of drug-likeness (QED) is 0.434. The van der Waals surface area contributed by atoms with Gasteiger partial charge in [0, 0.05) is 43.8 Å². The Balaban J connectivity index is 1.48. The number of pyridine rings is 3. The van der Waals surface area contributed by atoms with Gasteiger partial charge in [-0.3, -0.25) is 15.1 Å². The molecule has 6 aromatic rings. The SMILES string of the molecule is Cc1cn(-c2cncc3[nH]c(-c4[nH]nc5ncc(-c6cncc(N(C)C)c6)cc45)nc23)cn1. The average molecular weight is 436 g/mol. The van der Waals surface area contributed by atoms with Crippen LogP contribution in [0.5, 0.6) is 0 Å². The molecule has 0 bridgehead atoms. The fourth-order valence-corrected chi connectivity index (χ4v) is 3.85. The van der Waals surface area contributed by atoms with Crippen LogP contribution in [0.15, 0.2) is 55.6 Å². The molecule has 6 aromatic heterocycles. The highest BCUT2D eigenvalue weighted by Crippen LogP contribution is 2.30. The Morgan fingerprint density at radius 1 is 0.939 bits per heavy atom. The van der Waals surface area contributed by atoms with Crippen LogP contribution in [0.1, 0.15) is 5.69 Å². The molecular weight excluding hydrogens is 416 g/mol. The Kier molecular flexibility index (Phi) is 4.19. The lowest BCUT2D eigenvalue weighted by atomic mass is 10.1. The fourth-order valence-electron chi connectivity index (χ4n) is 3.85. The van der Waals surface area contributed by atoms with Crippen molar-refractivity contribution in [3.8, 4) is 28.3 Å². The van der Waals surface area contributed by atoms with Crippen LogP contribution in [0.2, 0.25) is 0 Å². The van der Waals surface area contributed by atoms with Gasteiger partial charge in [0.25, 0.3) is 0 Å². The largest absolute Gasteiger partial charge is 0.376 e. The van der Waals surface area contributed by atoms with Crippen LogP contribution in [-0.4, -0.2) is 58.8 Å². The Morgan fingerprint density at radius 3 is 2.61 bits per heavy atom. The highest BCUT2D eigenvalue weighted by atomic mass is 15.2. The second-order valence-corrected chi connectivity index (χ2v) is 8.08. The minimum atomic E-state index is 0.620. The topological polar surface area (TPSA) is 117 Å². The maximum atomic E-state index is 4.87. The molecule has 6 heterocycles. The van der Waals surface area contributed by atoms with Crippen LogP contribution < -0.4 is 4.90 Å². The highest BCUT2D eigenvalue weighted by Gasteiger charge is 2.16. The molecule has 162 valence electrons. The van der Waals surface area contributed by atoms with Crippen LogP contribution in [0.3, 0.4) is 0 Å². The summed E-state index contributed by atoms with van der Waals surface area (Å²) in [6, 6.07) is 4.14. The standard InChI is InChI=1S/C23H20N10/c1-13-11-33(12-27-13)19-10-25-9-18-21(19)29-23(28-18)20-17-5-15(7-26-22(17)31-30-20)14-4-16(32(2)3)8-24-6-14/h4-12H,1-3H3,(H,28,29)(H,26,30,31). The summed E-state index contributed by atoms with van der Waals surface area (Å²) in [6.45, 7) is 1.95. The number of aryl methyl sites for hydroxylation is 1. The average Bonchev–Trinajstić information content (AvgIpc) is 3.55. The van der Waals surface area contributed by atoms with E-state index < -0.39 is 0 Å². The smallest absolute Gasteiger partial charge is 0.181 e. The molecule has 0 aliphatic carbocycles. The third-order valence-electron chi connectivity index (χ3n) is 5.58. The molecule has 2 N–H and O–H groups in total. The van der Waals surface area contributed by atoms with Gasteiger partial charge in [0.15, 0.2) is 11.5 Å². The van der Waals surface area contributed by atoms with Crippen molar-refractivity contribution < 1.29 is 0 Å². The van der Waals surface area contributed by atoms with Crippen LogP contribution in [-0.2, 0) is 0 Å². The number of aromatic nitrogens is 9. The second-order valence-electron chi connectivity index (χ2n) is 8.08. The number of H-pyrrole nitrogens is 2. The first kappa shape index (κ1) is 19.1. The van der Waals surface area contributed by atoms with Crippen molar-refractivity contribution in [2.24, 2.45) is 0 Å². The predicted molar refractivity (Wildman–Crippen MR) is 126 cm³/mol. The summed E-state index contributed by atoms with van der Waals surface area (Å²) in [5, 5.41) is 8.34. The van der Waals surface area contributed by atoms with E-state index in [0.717, 1.165) is 50.3 Å². The monoisotopic (exact) mass is 436 g/mol. The van der Waals surface area contributed by atoms with Gasteiger partial charge in [0.1, 0.15) is 11.2 Å². The number of rotatable bonds is 4. The summed E-state index contributed by atoms with van der Waals surface area (Å²) in [5.74, 6) is 0.665. The summed E-state index contributed by atoms with van der Waals surface area (Å²) in [7, 11) is 3.98. The Morgan fingerprint density at radius 2 is 1.79 bits per heavy atom. The summed E-state index contributed by atoms with van der Waals surface area (Å²) in [5.41, 5.74) is 7.74. The number of fused-ring (bicyclic) bond motifs is 2. The van der Waals surface area contributed by atoms with Gasteiger partial charge in [0.2, 0.25) is 0 Å². The van der Waals surface area contributed by atoms with E-state index in [1.54, 1.807) is 18.7 Å². The normalized spacial score (nSPS) is 11.5. The van der Waals surface area contributed by atoms with Gasteiger partial charge in [-0.25, -0.2) is 15.0 Å². The molecule has 10 nitrogen and oxygen atoms in total. The van der Waals surface area contributed by atoms with Crippen molar-refractivity contribution in [2.75, 3.05) is 19.0 Å². The predicted octanol–water partition coefficient (Wildman–Crippen LogP) is 3.52. The summed E-state index contributed by atoms with van der Waals surface area (Å²) >= 11 is 0. The second kappa shape index (κ2) is 7.23. The van der Waals surface area contributed by atoms with E-state index in [9.17, 15) is 0 Å². The van der Waals surface area contributed by atoms with E-state index in [-0.39, 0.29) is 0 Å². The van der Waals surface area contributed by atoms with E-state index >= 15 is 0 Å². The number of nitrogens with zero attached hydrogens (tertiary/aromatic N) is 8. The third-order valence-corrected chi connectivity index (χ3v) is 5.58. The van der Waals surface area contributed by atoms with E-state index in [1.165, 1.54) is 0 Å². The molecule has 10 heteroatoms. The molecule has 0 amide bonds. The Labute approximate surface area is 188 Å². The number of imidazole rings is 2. The lowest BCUT2D eigenvalue weighted by Gasteiger charge is -2.12. The first-order valence-electron chi connectivity index (χ1n) is 10.4. The molecule has 0 unspecified atom stereocenters. The molecule has 33 heavy (non-hydrogen) atoms. The maximum absolute atomic E-state index is 4.87. The minimum absolute atomic E-state index is 0.620. The van der Waals surface area contributed by atoms with Crippen molar-refractivity contribution in [1.82, 2.24) is 44.7 Å². The highest BCUT2D eigenvalue weighted by molar-refractivity contribution is 5.94. The molecule has 0 aliphatic rings. The van der Waals surface area contributed by atoms with Crippen molar-refractivity contribution in [1.29, 1.82) is 0 Å². The molecule has 0 aromatic carbocycles. The molecule has 0 radical (unpaired) electrons. The molecule has 0 saturated carbocycles. The molecular formula is C23H20N10. The lowest BCUT2D eigenvalue weighted by Crippen LogP contribution is -2.08. The third kappa shape index (κ3) is 3.19. The Bertz CT molecular complexity index is 1620. The van der Waals surface area contributed by atoms with Crippen molar-refractivity contribution in [2.45, 2.75) is 6.92 Å². The first-order valence-corrected chi connectivity index (χ1v) is 10.4. The van der Waals surface area contributed by atoms with Gasteiger partial charge in [-0.2, -0.15) is 5.10 Å². The van der Waals surface area contributed by atoms with Gasteiger partial charge >= 0.3 is 0 Å². The van der Waals surface area contributed by atoms with Crippen molar-refractivity contribution in [3.63, 3.8) is 0 Å². The number of hydrogen-bond acceptors (Lipinski definition) is 7. The van der Waals surface area contributed by atoms with Gasteiger partial charge in [-0.05, 0) is 19.1 Å². The van der Waals surface area contributed by atoms with Gasteiger partial charge in [-0.15, -0.1) is 0 Å². The van der Waals surface area contributed by atoms with Crippen LogP contribution >= 0.6 is 0 Å². The summed E-state index contributed by atoms with van der Waals surface area (Å²) < 4.78 is 1.92. The number of aromatic amines is 2. The van der Waals surface area contributed by atoms with E-state index in [1.807, 2.05) is 55.3 Å². The molecule has 0 spiro atoms. The minimum Gasteiger partial charge on any atom is -0.376 e. The molecule has 0 atom stereocenters. The van der Waals surface area contributed by atoms with Crippen molar-refractivity contribution >= 4 is 27.8 Å². The maximum Gasteiger partial charge on any atom is 0.181 e. The number of nitrogens with one attached hydrogen (secondary N) is 2.